The van der Waals surface area contributed by atoms with Crippen molar-refractivity contribution in [3.05, 3.63) is 35.6 Å². The van der Waals surface area contributed by atoms with Crippen molar-refractivity contribution >= 4 is 18.3 Å². The first-order valence-electron chi connectivity index (χ1n) is 9.50. The second kappa shape index (κ2) is 9.67. The van der Waals surface area contributed by atoms with Gasteiger partial charge in [-0.25, -0.2) is 4.39 Å². The summed E-state index contributed by atoms with van der Waals surface area (Å²) in [5, 5.41) is 3.25. The smallest absolute Gasteiger partial charge is 0.231 e. The van der Waals surface area contributed by atoms with Gasteiger partial charge in [-0.15, -0.1) is 12.4 Å². The average Bonchev–Trinajstić information content (AvgIpc) is 2.67. The largest absolute Gasteiger partial charge is 0.381 e. The average molecular weight is 385 g/mol. The van der Waals surface area contributed by atoms with Gasteiger partial charge in [0.05, 0.1) is 5.41 Å². The first kappa shape index (κ1) is 21.1. The molecule has 6 heteroatoms. The summed E-state index contributed by atoms with van der Waals surface area (Å²) in [5.74, 6) is 0.199. The standard InChI is InChI=1S/C20H29FN2O2.ClH/c21-17-8-6-16(7-9-17)20(10-12-25-13-11-20)19(24)23-18(14-22)15-4-2-1-3-5-15;/h6-9,15,18H,1-5,10-14,22H2,(H,23,24);1H. The van der Waals surface area contributed by atoms with E-state index < -0.39 is 5.41 Å². The van der Waals surface area contributed by atoms with E-state index in [9.17, 15) is 9.18 Å². The van der Waals surface area contributed by atoms with Gasteiger partial charge in [-0.2, -0.15) is 0 Å². The molecule has 2 fully saturated rings. The summed E-state index contributed by atoms with van der Waals surface area (Å²) < 4.78 is 18.8. The first-order chi connectivity index (χ1) is 12.2. The molecule has 0 radical (unpaired) electrons. The molecule has 0 bridgehead atoms. The lowest BCUT2D eigenvalue weighted by Gasteiger charge is -2.39. The van der Waals surface area contributed by atoms with E-state index >= 15 is 0 Å². The molecule has 4 nitrogen and oxygen atoms in total. The maximum Gasteiger partial charge on any atom is 0.231 e. The Morgan fingerprint density at radius 3 is 2.38 bits per heavy atom. The lowest BCUT2D eigenvalue weighted by atomic mass is 9.72. The predicted octanol–water partition coefficient (Wildman–Crippen LogP) is 3.32. The van der Waals surface area contributed by atoms with E-state index in [4.69, 9.17) is 10.5 Å². The molecule has 1 saturated carbocycles. The Kier molecular flexibility index (Phi) is 7.86. The fraction of sp³-hybridized carbons (Fsp3) is 0.650. The minimum absolute atomic E-state index is 0. The summed E-state index contributed by atoms with van der Waals surface area (Å²) in [4.78, 5) is 13.3. The topological polar surface area (TPSA) is 64.3 Å². The van der Waals surface area contributed by atoms with Crippen LogP contribution in [0.5, 0.6) is 0 Å². The number of nitrogens with two attached hydrogens (primary N) is 1. The number of hydrogen-bond acceptors (Lipinski definition) is 3. The molecule has 1 aliphatic carbocycles. The van der Waals surface area contributed by atoms with Crippen molar-refractivity contribution in [1.29, 1.82) is 0 Å². The van der Waals surface area contributed by atoms with Gasteiger partial charge in [0, 0.05) is 25.8 Å². The van der Waals surface area contributed by atoms with Gasteiger partial charge in [-0.05, 0) is 49.3 Å². The number of benzene rings is 1. The normalized spacial score (nSPS) is 21.5. The zero-order chi connectivity index (χ0) is 17.7. The van der Waals surface area contributed by atoms with Crippen LogP contribution in [0.4, 0.5) is 4.39 Å². The second-order valence-corrected chi connectivity index (χ2v) is 7.42. The fourth-order valence-electron chi connectivity index (χ4n) is 4.35. The van der Waals surface area contributed by atoms with Crippen LogP contribution in [-0.4, -0.2) is 31.7 Å². The molecule has 1 unspecified atom stereocenters. The van der Waals surface area contributed by atoms with E-state index in [1.807, 2.05) is 0 Å². The molecule has 1 heterocycles. The van der Waals surface area contributed by atoms with E-state index in [1.165, 1.54) is 31.4 Å². The van der Waals surface area contributed by atoms with Gasteiger partial charge in [0.1, 0.15) is 5.82 Å². The lowest BCUT2D eigenvalue weighted by molar-refractivity contribution is -0.131. The molecule has 1 atom stereocenters. The van der Waals surface area contributed by atoms with Crippen molar-refractivity contribution < 1.29 is 13.9 Å². The Bertz CT molecular complexity index is 570. The van der Waals surface area contributed by atoms with Gasteiger partial charge in [-0.3, -0.25) is 4.79 Å². The monoisotopic (exact) mass is 384 g/mol. The minimum atomic E-state index is -0.645. The van der Waals surface area contributed by atoms with Crippen molar-refractivity contribution in [3.8, 4) is 0 Å². The highest BCUT2D eigenvalue weighted by molar-refractivity contribution is 5.88. The summed E-state index contributed by atoms with van der Waals surface area (Å²) in [7, 11) is 0. The zero-order valence-electron chi connectivity index (χ0n) is 15.2. The second-order valence-electron chi connectivity index (χ2n) is 7.42. The molecule has 1 aliphatic heterocycles. The molecule has 26 heavy (non-hydrogen) atoms. The third-order valence-electron chi connectivity index (χ3n) is 5.97. The van der Waals surface area contributed by atoms with Crippen molar-refractivity contribution in [2.75, 3.05) is 19.8 Å². The molecule has 2 aliphatic rings. The van der Waals surface area contributed by atoms with Crippen molar-refractivity contribution in [3.63, 3.8) is 0 Å². The molecule has 0 aromatic heterocycles. The molecule has 1 aromatic carbocycles. The third-order valence-corrected chi connectivity index (χ3v) is 5.97. The van der Waals surface area contributed by atoms with Crippen LogP contribution in [-0.2, 0) is 14.9 Å². The molecule has 1 saturated heterocycles. The Morgan fingerprint density at radius 2 is 1.81 bits per heavy atom. The van der Waals surface area contributed by atoms with Crippen molar-refractivity contribution in [2.45, 2.75) is 56.4 Å². The molecule has 1 aromatic rings. The van der Waals surface area contributed by atoms with Crippen molar-refractivity contribution in [2.24, 2.45) is 11.7 Å². The van der Waals surface area contributed by atoms with Crippen LogP contribution in [0, 0.1) is 11.7 Å². The van der Waals surface area contributed by atoms with Gasteiger partial charge in [-0.1, -0.05) is 31.4 Å². The summed E-state index contributed by atoms with van der Waals surface area (Å²) in [6.45, 7) is 1.55. The lowest BCUT2D eigenvalue weighted by Crippen LogP contribution is -2.54. The van der Waals surface area contributed by atoms with Crippen LogP contribution in [0.15, 0.2) is 24.3 Å². The van der Waals surface area contributed by atoms with Gasteiger partial charge in [0.25, 0.3) is 0 Å². The zero-order valence-corrected chi connectivity index (χ0v) is 16.0. The predicted molar refractivity (Wildman–Crippen MR) is 103 cm³/mol. The highest BCUT2D eigenvalue weighted by atomic mass is 35.5. The summed E-state index contributed by atoms with van der Waals surface area (Å²) in [5.41, 5.74) is 6.22. The van der Waals surface area contributed by atoms with Gasteiger partial charge in [0.15, 0.2) is 0 Å². The number of ether oxygens (including phenoxy) is 1. The van der Waals surface area contributed by atoms with Gasteiger partial charge >= 0.3 is 0 Å². The number of halogens is 2. The SMILES string of the molecule is Cl.NCC(NC(=O)C1(c2ccc(F)cc2)CCOCC1)C1CCCCC1. The summed E-state index contributed by atoms with van der Waals surface area (Å²) in [6.07, 6.45) is 7.21. The molecular formula is C20H30ClFN2O2. The van der Waals surface area contributed by atoms with E-state index in [-0.39, 0.29) is 30.2 Å². The maximum atomic E-state index is 13.3. The van der Waals surface area contributed by atoms with Gasteiger partial charge in [0.2, 0.25) is 5.91 Å². The number of carbonyl (C=O) groups excluding carboxylic acids is 1. The van der Waals surface area contributed by atoms with Crippen LogP contribution in [0.25, 0.3) is 0 Å². The van der Waals surface area contributed by atoms with E-state index in [1.54, 1.807) is 12.1 Å². The highest BCUT2D eigenvalue weighted by Gasteiger charge is 2.42. The Hall–Kier alpha value is -1.17. The number of amides is 1. The number of nitrogens with one attached hydrogen (secondary N) is 1. The molecule has 0 spiro atoms. The Balaban J connectivity index is 0.00000243. The first-order valence-corrected chi connectivity index (χ1v) is 9.50. The maximum absolute atomic E-state index is 13.3. The minimum Gasteiger partial charge on any atom is -0.381 e. The van der Waals surface area contributed by atoms with Crippen LogP contribution in [0.1, 0.15) is 50.5 Å². The molecule has 1 amide bonds. The van der Waals surface area contributed by atoms with Crippen LogP contribution in [0.2, 0.25) is 0 Å². The van der Waals surface area contributed by atoms with Crippen LogP contribution in [0.3, 0.4) is 0 Å². The van der Waals surface area contributed by atoms with Crippen LogP contribution >= 0.6 is 12.4 Å². The molecule has 3 rings (SSSR count). The van der Waals surface area contributed by atoms with Gasteiger partial charge < -0.3 is 15.8 Å². The van der Waals surface area contributed by atoms with Crippen molar-refractivity contribution in [1.82, 2.24) is 5.32 Å². The number of hydrogen-bond donors (Lipinski definition) is 2. The molecular weight excluding hydrogens is 355 g/mol. The summed E-state index contributed by atoms with van der Waals surface area (Å²) in [6, 6.07) is 6.35. The summed E-state index contributed by atoms with van der Waals surface area (Å²) >= 11 is 0. The highest BCUT2D eigenvalue weighted by Crippen LogP contribution is 2.36. The fourth-order valence-corrected chi connectivity index (χ4v) is 4.35. The Morgan fingerprint density at radius 1 is 1.19 bits per heavy atom. The number of carbonyl (C=O) groups is 1. The van der Waals surface area contributed by atoms with E-state index in [0.29, 0.717) is 38.5 Å². The molecule has 146 valence electrons. The number of rotatable bonds is 5. The quantitative estimate of drug-likeness (QED) is 0.818. The van der Waals surface area contributed by atoms with Crippen LogP contribution < -0.4 is 11.1 Å². The van der Waals surface area contributed by atoms with E-state index in [0.717, 1.165) is 18.4 Å². The Labute approximate surface area is 161 Å². The van der Waals surface area contributed by atoms with E-state index in [2.05, 4.69) is 5.32 Å². The molecule has 3 N–H and O–H groups in total. The third kappa shape index (κ3) is 4.56.